The fraction of sp³-hybridized carbons (Fsp3) is 0.962. The van der Waals surface area contributed by atoms with Crippen molar-refractivity contribution in [3.05, 3.63) is 0 Å². The van der Waals surface area contributed by atoms with Crippen LogP contribution in [-0.2, 0) is 14.3 Å². The van der Waals surface area contributed by atoms with Gasteiger partial charge in [-0.05, 0) is 12.8 Å². The fourth-order valence-electron chi connectivity index (χ4n) is 3.66. The Morgan fingerprint density at radius 1 is 0.483 bits per heavy atom. The summed E-state index contributed by atoms with van der Waals surface area (Å²) in [5.74, 6) is -0.201. The molecule has 0 aromatic rings. The first-order valence-corrected chi connectivity index (χ1v) is 13.0. The fourth-order valence-corrected chi connectivity index (χ4v) is 3.66. The van der Waals surface area contributed by atoms with Crippen LogP contribution in [-0.4, -0.2) is 25.8 Å². The minimum atomic E-state index is -0.201. The molecule has 0 aliphatic carbocycles. The molecule has 0 N–H and O–H groups in total. The van der Waals surface area contributed by atoms with Crippen LogP contribution in [0.4, 0.5) is 0 Å². The SMILES string of the molecule is CCCCCCCCCCCCOCC(=O)OCCCCCCCCCCCC. The van der Waals surface area contributed by atoms with Crippen LogP contribution in [0.25, 0.3) is 0 Å². The summed E-state index contributed by atoms with van der Waals surface area (Å²) < 4.78 is 10.7. The van der Waals surface area contributed by atoms with Crippen molar-refractivity contribution >= 4 is 5.97 Å². The Labute approximate surface area is 182 Å². The van der Waals surface area contributed by atoms with Gasteiger partial charge in [0.15, 0.2) is 0 Å². The van der Waals surface area contributed by atoms with E-state index in [9.17, 15) is 4.79 Å². The van der Waals surface area contributed by atoms with Crippen LogP contribution in [0.15, 0.2) is 0 Å². The summed E-state index contributed by atoms with van der Waals surface area (Å²) in [7, 11) is 0. The highest BCUT2D eigenvalue weighted by Crippen LogP contribution is 2.11. The molecule has 0 aromatic heterocycles. The third-order valence-corrected chi connectivity index (χ3v) is 5.62. The first-order chi connectivity index (χ1) is 14.3. The second-order valence-corrected chi connectivity index (χ2v) is 8.64. The van der Waals surface area contributed by atoms with Crippen LogP contribution < -0.4 is 0 Å². The van der Waals surface area contributed by atoms with E-state index in [1.807, 2.05) is 0 Å². The van der Waals surface area contributed by atoms with E-state index < -0.39 is 0 Å². The third kappa shape index (κ3) is 25.4. The smallest absolute Gasteiger partial charge is 0.332 e. The molecule has 174 valence electrons. The molecule has 0 spiro atoms. The second kappa shape index (κ2) is 25.5. The molecule has 0 rings (SSSR count). The van der Waals surface area contributed by atoms with Crippen LogP contribution in [0.2, 0.25) is 0 Å². The Morgan fingerprint density at radius 3 is 1.24 bits per heavy atom. The zero-order valence-corrected chi connectivity index (χ0v) is 20.0. The highest BCUT2D eigenvalue weighted by molar-refractivity contribution is 5.70. The number of carbonyl (C=O) groups is 1. The van der Waals surface area contributed by atoms with Crippen molar-refractivity contribution in [2.45, 2.75) is 142 Å². The summed E-state index contributed by atoms with van der Waals surface area (Å²) in [5, 5.41) is 0. The van der Waals surface area contributed by atoms with Gasteiger partial charge in [0.1, 0.15) is 6.61 Å². The molecule has 0 saturated carbocycles. The Balaban J connectivity index is 3.13. The molecule has 0 fully saturated rings. The molecule has 0 atom stereocenters. The van der Waals surface area contributed by atoms with Crippen molar-refractivity contribution in [1.29, 1.82) is 0 Å². The average molecular weight is 413 g/mol. The molecule has 0 aromatic carbocycles. The molecule has 0 aliphatic heterocycles. The molecule has 0 heterocycles. The summed E-state index contributed by atoms with van der Waals surface area (Å²) in [5.41, 5.74) is 0. The van der Waals surface area contributed by atoms with Crippen molar-refractivity contribution in [2.75, 3.05) is 19.8 Å². The first kappa shape index (κ1) is 28.4. The van der Waals surface area contributed by atoms with E-state index >= 15 is 0 Å². The van der Waals surface area contributed by atoms with Gasteiger partial charge in [-0.3, -0.25) is 0 Å². The van der Waals surface area contributed by atoms with Crippen molar-refractivity contribution in [3.63, 3.8) is 0 Å². The van der Waals surface area contributed by atoms with Crippen LogP contribution >= 0.6 is 0 Å². The number of carbonyl (C=O) groups excluding carboxylic acids is 1. The predicted octanol–water partition coefficient (Wildman–Crippen LogP) is 8.39. The van der Waals surface area contributed by atoms with Crippen LogP contribution in [0.5, 0.6) is 0 Å². The van der Waals surface area contributed by atoms with E-state index in [2.05, 4.69) is 13.8 Å². The summed E-state index contributed by atoms with van der Waals surface area (Å²) in [6, 6.07) is 0. The Kier molecular flexibility index (Phi) is 25.0. The lowest BCUT2D eigenvalue weighted by atomic mass is 10.1. The van der Waals surface area contributed by atoms with Crippen molar-refractivity contribution in [3.8, 4) is 0 Å². The number of esters is 1. The van der Waals surface area contributed by atoms with Gasteiger partial charge in [-0.25, -0.2) is 4.79 Å². The Hall–Kier alpha value is -0.570. The highest BCUT2D eigenvalue weighted by atomic mass is 16.6. The van der Waals surface area contributed by atoms with Crippen LogP contribution in [0.3, 0.4) is 0 Å². The number of rotatable bonds is 24. The Morgan fingerprint density at radius 2 is 0.828 bits per heavy atom. The van der Waals surface area contributed by atoms with E-state index in [1.54, 1.807) is 0 Å². The molecule has 3 nitrogen and oxygen atoms in total. The topological polar surface area (TPSA) is 35.5 Å². The van der Waals surface area contributed by atoms with Crippen LogP contribution in [0.1, 0.15) is 142 Å². The third-order valence-electron chi connectivity index (χ3n) is 5.62. The molecule has 0 saturated heterocycles. The maximum Gasteiger partial charge on any atom is 0.332 e. The Bertz CT molecular complexity index is 317. The molecule has 0 bridgehead atoms. The lowest BCUT2D eigenvalue weighted by Gasteiger charge is -2.06. The van der Waals surface area contributed by atoms with Gasteiger partial charge in [-0.15, -0.1) is 0 Å². The lowest BCUT2D eigenvalue weighted by molar-refractivity contribution is -0.149. The highest BCUT2D eigenvalue weighted by Gasteiger charge is 2.02. The molecule has 3 heteroatoms. The summed E-state index contributed by atoms with van der Waals surface area (Å²) in [6.07, 6.45) is 26.2. The average Bonchev–Trinajstić information content (AvgIpc) is 2.72. The standard InChI is InChI=1S/C26H52O3/c1-3-5-7-9-11-13-15-17-19-21-23-28-25-26(27)29-24-22-20-18-16-14-12-10-8-6-4-2/h3-25H2,1-2H3. The van der Waals surface area contributed by atoms with Gasteiger partial charge in [0.25, 0.3) is 0 Å². The van der Waals surface area contributed by atoms with Gasteiger partial charge in [0.05, 0.1) is 6.61 Å². The zero-order valence-electron chi connectivity index (χ0n) is 20.0. The lowest BCUT2D eigenvalue weighted by Crippen LogP contribution is -2.14. The second-order valence-electron chi connectivity index (χ2n) is 8.64. The van der Waals surface area contributed by atoms with E-state index in [0.717, 1.165) is 12.8 Å². The number of ether oxygens (including phenoxy) is 2. The van der Waals surface area contributed by atoms with Gasteiger partial charge in [-0.2, -0.15) is 0 Å². The van der Waals surface area contributed by atoms with Gasteiger partial charge >= 0.3 is 5.97 Å². The van der Waals surface area contributed by atoms with Crippen molar-refractivity contribution in [1.82, 2.24) is 0 Å². The zero-order chi connectivity index (χ0) is 21.3. The molecular formula is C26H52O3. The maximum atomic E-state index is 11.6. The van der Waals surface area contributed by atoms with Crippen molar-refractivity contribution < 1.29 is 14.3 Å². The first-order valence-electron chi connectivity index (χ1n) is 13.0. The minimum Gasteiger partial charge on any atom is -0.464 e. The van der Waals surface area contributed by atoms with Gasteiger partial charge in [0, 0.05) is 6.61 Å². The normalized spacial score (nSPS) is 11.1. The summed E-state index contributed by atoms with van der Waals surface area (Å²) >= 11 is 0. The van der Waals surface area contributed by atoms with E-state index in [-0.39, 0.29) is 12.6 Å². The quantitative estimate of drug-likeness (QED) is 0.118. The maximum absolute atomic E-state index is 11.6. The molecule has 0 radical (unpaired) electrons. The number of hydrogen-bond acceptors (Lipinski definition) is 3. The molecule has 29 heavy (non-hydrogen) atoms. The summed E-state index contributed by atoms with van der Waals surface area (Å²) in [6.45, 7) is 5.88. The van der Waals surface area contributed by atoms with Gasteiger partial charge in [-0.1, -0.05) is 129 Å². The number of unbranched alkanes of at least 4 members (excludes halogenated alkanes) is 18. The molecule has 0 amide bonds. The molecule has 0 unspecified atom stereocenters. The van der Waals surface area contributed by atoms with Gasteiger partial charge < -0.3 is 9.47 Å². The molecule has 0 aliphatic rings. The molecular weight excluding hydrogens is 360 g/mol. The van der Waals surface area contributed by atoms with E-state index in [4.69, 9.17) is 9.47 Å². The van der Waals surface area contributed by atoms with E-state index in [1.165, 1.54) is 116 Å². The monoisotopic (exact) mass is 412 g/mol. The predicted molar refractivity (Wildman–Crippen MR) is 125 cm³/mol. The van der Waals surface area contributed by atoms with E-state index in [0.29, 0.717) is 13.2 Å². The number of hydrogen-bond donors (Lipinski definition) is 0. The summed E-state index contributed by atoms with van der Waals surface area (Å²) in [4.78, 5) is 11.6. The van der Waals surface area contributed by atoms with Crippen LogP contribution in [0, 0.1) is 0 Å². The largest absolute Gasteiger partial charge is 0.464 e. The van der Waals surface area contributed by atoms with Crippen molar-refractivity contribution in [2.24, 2.45) is 0 Å². The van der Waals surface area contributed by atoms with Gasteiger partial charge in [0.2, 0.25) is 0 Å². The minimum absolute atomic E-state index is 0.120.